The van der Waals surface area contributed by atoms with E-state index in [1.807, 2.05) is 20.8 Å². The smallest absolute Gasteiger partial charge is 0.274 e. The Balaban J connectivity index is 2.75. The summed E-state index contributed by atoms with van der Waals surface area (Å²) in [6.07, 6.45) is 0. The summed E-state index contributed by atoms with van der Waals surface area (Å²) in [4.78, 5) is 15.7. The third-order valence-corrected chi connectivity index (χ3v) is 2.37. The molecule has 0 spiro atoms. The van der Waals surface area contributed by atoms with Crippen molar-refractivity contribution >= 4 is 21.6 Å². The lowest BCUT2D eigenvalue weighted by molar-refractivity contribution is -0.385. The Kier molecular flexibility index (Phi) is 4.62. The maximum absolute atomic E-state index is 10.8. The highest BCUT2D eigenvalue weighted by atomic mass is 79.9. The van der Waals surface area contributed by atoms with Crippen molar-refractivity contribution in [1.82, 2.24) is 5.48 Å². The van der Waals surface area contributed by atoms with Crippen molar-refractivity contribution in [2.45, 2.75) is 32.9 Å². The fourth-order valence-electron chi connectivity index (χ4n) is 1.20. The van der Waals surface area contributed by atoms with Crippen LogP contribution in [-0.4, -0.2) is 10.5 Å². The van der Waals surface area contributed by atoms with Crippen LogP contribution in [0, 0.1) is 10.1 Å². The molecule has 0 aromatic heterocycles. The summed E-state index contributed by atoms with van der Waals surface area (Å²) in [5.74, 6) is 0. The van der Waals surface area contributed by atoms with E-state index in [2.05, 4.69) is 21.4 Å². The molecule has 0 aliphatic rings. The molecule has 0 saturated heterocycles. The molecule has 1 aromatic carbocycles. The number of nitro groups is 1. The first-order chi connectivity index (χ1) is 7.79. The SMILES string of the molecule is CC(C)(C)ONCc1cc(Br)ccc1[N+](=O)[O-]. The quantitative estimate of drug-likeness (QED) is 0.685. The summed E-state index contributed by atoms with van der Waals surface area (Å²) < 4.78 is 0.802. The lowest BCUT2D eigenvalue weighted by Crippen LogP contribution is -2.28. The van der Waals surface area contributed by atoms with Gasteiger partial charge in [0.2, 0.25) is 0 Å². The molecule has 0 saturated carbocycles. The van der Waals surface area contributed by atoms with Crippen LogP contribution in [-0.2, 0) is 11.4 Å². The first-order valence-electron chi connectivity index (χ1n) is 5.13. The predicted molar refractivity (Wildman–Crippen MR) is 68.5 cm³/mol. The fraction of sp³-hybridized carbons (Fsp3) is 0.455. The number of hydrogen-bond acceptors (Lipinski definition) is 4. The van der Waals surface area contributed by atoms with Gasteiger partial charge >= 0.3 is 0 Å². The van der Waals surface area contributed by atoms with E-state index >= 15 is 0 Å². The summed E-state index contributed by atoms with van der Waals surface area (Å²) in [6.45, 7) is 5.98. The second-order valence-electron chi connectivity index (χ2n) is 4.57. The van der Waals surface area contributed by atoms with Crippen LogP contribution in [0.1, 0.15) is 26.3 Å². The van der Waals surface area contributed by atoms with Crippen LogP contribution < -0.4 is 5.48 Å². The first-order valence-corrected chi connectivity index (χ1v) is 5.92. The van der Waals surface area contributed by atoms with Crippen LogP contribution in [0.2, 0.25) is 0 Å². The standard InChI is InChI=1S/C11H15BrN2O3/c1-11(2,3)17-13-7-8-6-9(12)4-5-10(8)14(15)16/h4-6,13H,7H2,1-3H3. The predicted octanol–water partition coefficient (Wildman–Crippen LogP) is 3.18. The molecule has 17 heavy (non-hydrogen) atoms. The number of hydrogen-bond donors (Lipinski definition) is 1. The van der Waals surface area contributed by atoms with E-state index in [0.717, 1.165) is 4.47 Å². The van der Waals surface area contributed by atoms with Crippen molar-refractivity contribution in [3.05, 3.63) is 38.3 Å². The van der Waals surface area contributed by atoms with Gasteiger partial charge in [0, 0.05) is 16.1 Å². The molecule has 0 aliphatic heterocycles. The molecule has 0 unspecified atom stereocenters. The highest BCUT2D eigenvalue weighted by molar-refractivity contribution is 9.10. The molecule has 0 bridgehead atoms. The molecule has 0 aliphatic carbocycles. The molecule has 94 valence electrons. The third kappa shape index (κ3) is 4.80. The van der Waals surface area contributed by atoms with Crippen LogP contribution in [0.15, 0.2) is 22.7 Å². The maximum Gasteiger partial charge on any atom is 0.274 e. The Hall–Kier alpha value is -0.980. The van der Waals surface area contributed by atoms with Gasteiger partial charge in [-0.25, -0.2) is 0 Å². The Labute approximate surface area is 108 Å². The van der Waals surface area contributed by atoms with E-state index in [1.54, 1.807) is 12.1 Å². The van der Waals surface area contributed by atoms with Crippen molar-refractivity contribution < 1.29 is 9.76 Å². The molecule has 0 fully saturated rings. The fourth-order valence-corrected chi connectivity index (χ4v) is 1.61. The van der Waals surface area contributed by atoms with E-state index in [4.69, 9.17) is 4.84 Å². The summed E-state index contributed by atoms with van der Waals surface area (Å²) in [7, 11) is 0. The molecule has 0 atom stereocenters. The Morgan fingerprint density at radius 3 is 2.65 bits per heavy atom. The Morgan fingerprint density at radius 2 is 2.12 bits per heavy atom. The molecular weight excluding hydrogens is 288 g/mol. The van der Waals surface area contributed by atoms with Gasteiger partial charge in [-0.05, 0) is 32.9 Å². The minimum absolute atomic E-state index is 0.0817. The van der Waals surface area contributed by atoms with Gasteiger partial charge in [-0.2, -0.15) is 5.48 Å². The van der Waals surface area contributed by atoms with Gasteiger partial charge in [0.25, 0.3) is 5.69 Å². The average molecular weight is 303 g/mol. The zero-order valence-corrected chi connectivity index (χ0v) is 11.6. The van der Waals surface area contributed by atoms with Gasteiger partial charge in [0.15, 0.2) is 0 Å². The van der Waals surface area contributed by atoms with Crippen molar-refractivity contribution in [3.63, 3.8) is 0 Å². The largest absolute Gasteiger partial charge is 0.296 e. The molecule has 1 N–H and O–H groups in total. The molecular formula is C11H15BrN2O3. The summed E-state index contributed by atoms with van der Waals surface area (Å²) >= 11 is 3.29. The average Bonchev–Trinajstić information content (AvgIpc) is 2.15. The summed E-state index contributed by atoms with van der Waals surface area (Å²) in [6, 6.07) is 4.82. The molecule has 5 nitrogen and oxygen atoms in total. The van der Waals surface area contributed by atoms with Crippen molar-refractivity contribution in [1.29, 1.82) is 0 Å². The van der Waals surface area contributed by atoms with E-state index < -0.39 is 4.92 Å². The highest BCUT2D eigenvalue weighted by Gasteiger charge is 2.15. The number of nitrogens with one attached hydrogen (secondary N) is 1. The van der Waals surface area contributed by atoms with E-state index in [9.17, 15) is 10.1 Å². The van der Waals surface area contributed by atoms with Crippen molar-refractivity contribution in [3.8, 4) is 0 Å². The monoisotopic (exact) mass is 302 g/mol. The van der Waals surface area contributed by atoms with E-state index in [0.29, 0.717) is 5.56 Å². The molecule has 1 rings (SSSR count). The lowest BCUT2D eigenvalue weighted by Gasteiger charge is -2.19. The molecule has 0 heterocycles. The van der Waals surface area contributed by atoms with Gasteiger partial charge in [-0.3, -0.25) is 15.0 Å². The normalized spacial score (nSPS) is 11.5. The van der Waals surface area contributed by atoms with Crippen LogP contribution in [0.25, 0.3) is 0 Å². The second kappa shape index (κ2) is 5.57. The summed E-state index contributed by atoms with van der Waals surface area (Å²) in [5.41, 5.74) is 3.07. The van der Waals surface area contributed by atoms with Crippen LogP contribution in [0.3, 0.4) is 0 Å². The minimum Gasteiger partial charge on any atom is -0.296 e. The number of halogens is 1. The van der Waals surface area contributed by atoms with Crippen LogP contribution in [0.4, 0.5) is 5.69 Å². The zero-order chi connectivity index (χ0) is 13.1. The maximum atomic E-state index is 10.8. The molecule has 6 heteroatoms. The molecule has 0 amide bonds. The van der Waals surface area contributed by atoms with Gasteiger partial charge in [0.05, 0.1) is 17.1 Å². The van der Waals surface area contributed by atoms with Crippen molar-refractivity contribution in [2.75, 3.05) is 0 Å². The topological polar surface area (TPSA) is 64.4 Å². The van der Waals surface area contributed by atoms with Crippen molar-refractivity contribution in [2.24, 2.45) is 0 Å². The van der Waals surface area contributed by atoms with Gasteiger partial charge in [-0.15, -0.1) is 0 Å². The third-order valence-electron chi connectivity index (χ3n) is 1.88. The number of nitrogens with zero attached hydrogens (tertiary/aromatic N) is 1. The molecule has 0 radical (unpaired) electrons. The minimum atomic E-state index is -0.402. The Bertz CT molecular complexity index is 416. The Morgan fingerprint density at radius 1 is 1.47 bits per heavy atom. The molecule has 1 aromatic rings. The van der Waals surface area contributed by atoms with E-state index in [-0.39, 0.29) is 17.8 Å². The highest BCUT2D eigenvalue weighted by Crippen LogP contribution is 2.23. The number of hydroxylamine groups is 1. The lowest BCUT2D eigenvalue weighted by atomic mass is 10.2. The summed E-state index contributed by atoms with van der Waals surface area (Å²) in [5, 5.41) is 10.8. The van der Waals surface area contributed by atoms with Gasteiger partial charge < -0.3 is 0 Å². The van der Waals surface area contributed by atoms with Gasteiger partial charge in [0.1, 0.15) is 0 Å². The number of nitro benzene ring substituents is 1. The van der Waals surface area contributed by atoms with E-state index in [1.165, 1.54) is 6.07 Å². The van der Waals surface area contributed by atoms with Crippen LogP contribution >= 0.6 is 15.9 Å². The first kappa shape index (κ1) is 14.1. The van der Waals surface area contributed by atoms with Crippen LogP contribution in [0.5, 0.6) is 0 Å². The number of benzene rings is 1. The zero-order valence-electron chi connectivity index (χ0n) is 9.99. The van der Waals surface area contributed by atoms with Gasteiger partial charge in [-0.1, -0.05) is 15.9 Å². The second-order valence-corrected chi connectivity index (χ2v) is 5.48. The number of rotatable bonds is 4.